The minimum Gasteiger partial charge on any atom is -0.483 e. The normalized spacial score (nSPS) is 11.0. The second-order valence-electron chi connectivity index (χ2n) is 5.01. The van der Waals surface area contributed by atoms with Gasteiger partial charge in [0.25, 0.3) is 0 Å². The van der Waals surface area contributed by atoms with Crippen molar-refractivity contribution in [2.75, 3.05) is 11.9 Å². The molecule has 0 radical (unpaired) electrons. The molecular weight excluding hydrogens is 424 g/mol. The van der Waals surface area contributed by atoms with Crippen LogP contribution in [0.4, 0.5) is 0 Å². The third-order valence-corrected chi connectivity index (χ3v) is 5.63. The van der Waals surface area contributed by atoms with Crippen LogP contribution in [0.1, 0.15) is 12.8 Å². The van der Waals surface area contributed by atoms with Crippen LogP contribution in [-0.2, 0) is 0 Å². The van der Waals surface area contributed by atoms with Crippen LogP contribution in [0.3, 0.4) is 0 Å². The van der Waals surface area contributed by atoms with Gasteiger partial charge in [-0.2, -0.15) is 0 Å². The molecule has 1 aromatic heterocycles. The van der Waals surface area contributed by atoms with Crippen LogP contribution in [0.5, 0.6) is 5.06 Å². The number of ether oxygens (including phenoxy) is 1. The molecule has 0 atom stereocenters. The lowest BCUT2D eigenvalue weighted by Crippen LogP contribution is -1.97. The van der Waals surface area contributed by atoms with Gasteiger partial charge < -0.3 is 4.74 Å². The van der Waals surface area contributed by atoms with Crippen molar-refractivity contribution in [1.29, 1.82) is 0 Å². The minimum absolute atomic E-state index is 0.766. The Labute approximate surface area is 151 Å². The number of alkyl halides is 1. The average Bonchev–Trinajstić information content (AvgIpc) is 2.91. The van der Waals surface area contributed by atoms with Crippen LogP contribution in [0.25, 0.3) is 21.2 Å². The quantitative estimate of drug-likeness (QED) is 0.300. The van der Waals surface area contributed by atoms with E-state index in [0.717, 1.165) is 34.3 Å². The van der Waals surface area contributed by atoms with Crippen LogP contribution in [0.15, 0.2) is 53.0 Å². The van der Waals surface area contributed by atoms with E-state index in [0.29, 0.717) is 0 Å². The molecule has 22 heavy (non-hydrogen) atoms. The summed E-state index contributed by atoms with van der Waals surface area (Å²) < 4.78 is 8.46. The summed E-state index contributed by atoms with van der Waals surface area (Å²) in [5.74, 6) is 0. The average molecular weight is 440 g/mol. The lowest BCUT2D eigenvalue weighted by Gasteiger charge is -2.07. The van der Waals surface area contributed by atoms with Gasteiger partial charge >= 0.3 is 0 Å². The third-order valence-electron chi connectivity index (χ3n) is 3.46. The Morgan fingerprint density at radius 1 is 0.955 bits per heavy atom. The number of thiophene rings is 1. The molecule has 0 N–H and O–H groups in total. The van der Waals surface area contributed by atoms with Gasteiger partial charge in [0.1, 0.15) is 0 Å². The predicted molar refractivity (Wildman–Crippen MR) is 103 cm³/mol. The van der Waals surface area contributed by atoms with E-state index in [1.54, 1.807) is 11.3 Å². The fourth-order valence-corrected chi connectivity index (χ4v) is 4.14. The zero-order valence-corrected chi connectivity index (χ0v) is 16.0. The van der Waals surface area contributed by atoms with E-state index in [9.17, 15) is 0 Å². The highest BCUT2D eigenvalue weighted by Crippen LogP contribution is 2.44. The zero-order valence-electron chi connectivity index (χ0n) is 12.0. The van der Waals surface area contributed by atoms with Crippen molar-refractivity contribution in [3.63, 3.8) is 0 Å². The molecule has 1 heterocycles. The van der Waals surface area contributed by atoms with Gasteiger partial charge in [0.05, 0.1) is 6.61 Å². The minimum atomic E-state index is 0.766. The molecule has 0 aliphatic carbocycles. The molecule has 0 aliphatic rings. The van der Waals surface area contributed by atoms with Crippen molar-refractivity contribution >= 4 is 53.3 Å². The summed E-state index contributed by atoms with van der Waals surface area (Å²) in [7, 11) is 0. The SMILES string of the molecule is BrCCCCOc1sc2ccccc2c1-c1ccc(Br)cc1. The Bertz CT molecular complexity index is 749. The highest BCUT2D eigenvalue weighted by atomic mass is 79.9. The second kappa shape index (κ2) is 7.62. The summed E-state index contributed by atoms with van der Waals surface area (Å²) in [6.45, 7) is 0.766. The molecule has 0 spiro atoms. The van der Waals surface area contributed by atoms with Gasteiger partial charge in [-0.25, -0.2) is 0 Å². The maximum Gasteiger partial charge on any atom is 0.182 e. The van der Waals surface area contributed by atoms with Gasteiger partial charge in [-0.1, -0.05) is 73.5 Å². The highest BCUT2D eigenvalue weighted by Gasteiger charge is 2.15. The molecule has 4 heteroatoms. The van der Waals surface area contributed by atoms with E-state index in [4.69, 9.17) is 4.74 Å². The summed E-state index contributed by atoms with van der Waals surface area (Å²) in [4.78, 5) is 0. The third kappa shape index (κ3) is 3.55. The van der Waals surface area contributed by atoms with Crippen LogP contribution >= 0.6 is 43.2 Å². The van der Waals surface area contributed by atoms with Gasteiger partial charge in [0.2, 0.25) is 0 Å². The molecule has 0 saturated carbocycles. The fraction of sp³-hybridized carbons (Fsp3) is 0.222. The van der Waals surface area contributed by atoms with E-state index < -0.39 is 0 Å². The first-order valence-corrected chi connectivity index (χ1v) is 9.99. The molecule has 0 fully saturated rings. The Hall–Kier alpha value is -0.840. The summed E-state index contributed by atoms with van der Waals surface area (Å²) in [5, 5.41) is 3.32. The van der Waals surface area contributed by atoms with Crippen LogP contribution in [-0.4, -0.2) is 11.9 Å². The van der Waals surface area contributed by atoms with Gasteiger partial charge in [0, 0.05) is 25.5 Å². The number of unbranched alkanes of at least 4 members (excludes halogenated alkanes) is 1. The first-order chi connectivity index (χ1) is 10.8. The standard InChI is InChI=1S/C18H16Br2OS/c19-11-3-4-12-21-18-17(13-7-9-14(20)10-8-13)15-5-1-2-6-16(15)22-18/h1-2,5-10H,3-4,11-12H2. The molecule has 2 aromatic carbocycles. The molecule has 1 nitrogen and oxygen atoms in total. The van der Waals surface area contributed by atoms with E-state index >= 15 is 0 Å². The number of hydrogen-bond donors (Lipinski definition) is 0. The van der Waals surface area contributed by atoms with Gasteiger partial charge in [-0.3, -0.25) is 0 Å². The predicted octanol–water partition coefficient (Wildman–Crippen LogP) is 6.88. The molecule has 0 unspecified atom stereocenters. The molecule has 0 bridgehead atoms. The molecule has 0 amide bonds. The van der Waals surface area contributed by atoms with E-state index in [1.807, 2.05) is 0 Å². The van der Waals surface area contributed by atoms with Gasteiger partial charge in [-0.05, 0) is 36.6 Å². The molecule has 0 saturated heterocycles. The largest absolute Gasteiger partial charge is 0.483 e. The van der Waals surface area contributed by atoms with Crippen molar-refractivity contribution in [3.05, 3.63) is 53.0 Å². The molecule has 114 valence electrons. The Balaban J connectivity index is 1.99. The fourth-order valence-electron chi connectivity index (χ4n) is 2.38. The number of fused-ring (bicyclic) bond motifs is 1. The first kappa shape index (κ1) is 16.0. The zero-order chi connectivity index (χ0) is 15.4. The smallest absolute Gasteiger partial charge is 0.182 e. The van der Waals surface area contributed by atoms with E-state index in [1.165, 1.54) is 21.2 Å². The Kier molecular flexibility index (Phi) is 5.55. The summed E-state index contributed by atoms with van der Waals surface area (Å²) in [6, 6.07) is 17.0. The van der Waals surface area contributed by atoms with Crippen molar-refractivity contribution in [2.45, 2.75) is 12.8 Å². The number of halogens is 2. The molecule has 3 rings (SSSR count). The van der Waals surface area contributed by atoms with Crippen LogP contribution < -0.4 is 4.74 Å². The lowest BCUT2D eigenvalue weighted by molar-refractivity contribution is 0.320. The van der Waals surface area contributed by atoms with E-state index in [-0.39, 0.29) is 0 Å². The maximum atomic E-state index is 6.09. The lowest BCUT2D eigenvalue weighted by atomic mass is 10.0. The van der Waals surface area contributed by atoms with Crippen molar-refractivity contribution in [3.8, 4) is 16.2 Å². The summed E-state index contributed by atoms with van der Waals surface area (Å²) in [5.41, 5.74) is 2.42. The van der Waals surface area contributed by atoms with Crippen LogP contribution in [0.2, 0.25) is 0 Å². The first-order valence-electron chi connectivity index (χ1n) is 7.26. The topological polar surface area (TPSA) is 9.23 Å². The van der Waals surface area contributed by atoms with E-state index in [2.05, 4.69) is 80.4 Å². The van der Waals surface area contributed by atoms with Gasteiger partial charge in [-0.15, -0.1) is 0 Å². The monoisotopic (exact) mass is 438 g/mol. The van der Waals surface area contributed by atoms with Crippen molar-refractivity contribution < 1.29 is 4.74 Å². The molecule has 0 aliphatic heterocycles. The van der Waals surface area contributed by atoms with Crippen LogP contribution in [0, 0.1) is 0 Å². The number of hydrogen-bond acceptors (Lipinski definition) is 2. The van der Waals surface area contributed by atoms with Crippen molar-refractivity contribution in [2.24, 2.45) is 0 Å². The highest BCUT2D eigenvalue weighted by molar-refractivity contribution is 9.10. The Morgan fingerprint density at radius 2 is 1.73 bits per heavy atom. The maximum absolute atomic E-state index is 6.09. The summed E-state index contributed by atoms with van der Waals surface area (Å²) in [6.07, 6.45) is 2.21. The Morgan fingerprint density at radius 3 is 2.50 bits per heavy atom. The van der Waals surface area contributed by atoms with Gasteiger partial charge in [0.15, 0.2) is 5.06 Å². The summed E-state index contributed by atoms with van der Waals surface area (Å²) >= 11 is 8.70. The molecular formula is C18H16Br2OS. The second-order valence-corrected chi connectivity index (χ2v) is 7.74. The number of benzene rings is 2. The number of rotatable bonds is 6. The van der Waals surface area contributed by atoms with Crippen molar-refractivity contribution in [1.82, 2.24) is 0 Å². The molecule has 3 aromatic rings.